The summed E-state index contributed by atoms with van der Waals surface area (Å²) < 4.78 is 1.89. The normalized spacial score (nSPS) is 23.3. The highest BCUT2D eigenvalue weighted by molar-refractivity contribution is 5.68. The molecule has 1 aliphatic carbocycles. The van der Waals surface area contributed by atoms with Crippen LogP contribution >= 0.6 is 0 Å². The molecule has 0 spiro atoms. The minimum atomic E-state index is 0.346. The van der Waals surface area contributed by atoms with Gasteiger partial charge in [0.15, 0.2) is 5.82 Å². The third-order valence-corrected chi connectivity index (χ3v) is 3.52. The molecule has 2 heterocycles. The average Bonchev–Trinajstić information content (AvgIpc) is 2.72. The molecule has 1 aliphatic rings. The number of fused-ring (bicyclic) bond motifs is 1. The molecular weight excluding hydrogens is 226 g/mol. The maximum Gasteiger partial charge on any atom is 0.152 e. The Labute approximate surface area is 106 Å². The van der Waals surface area contributed by atoms with Crippen molar-refractivity contribution in [1.29, 1.82) is 0 Å². The molecule has 0 bridgehead atoms. The summed E-state index contributed by atoms with van der Waals surface area (Å²) in [6.45, 7) is 4.29. The van der Waals surface area contributed by atoms with Gasteiger partial charge in [-0.3, -0.25) is 0 Å². The van der Waals surface area contributed by atoms with Crippen LogP contribution < -0.4 is 11.1 Å². The maximum absolute atomic E-state index is 5.80. The molecular formula is C13H19N5. The predicted octanol–water partition coefficient (Wildman–Crippen LogP) is 1.75. The molecule has 5 nitrogen and oxygen atoms in total. The highest BCUT2D eigenvalue weighted by Crippen LogP contribution is 2.25. The lowest BCUT2D eigenvalue weighted by molar-refractivity contribution is 0.373. The van der Waals surface area contributed by atoms with Gasteiger partial charge in [0.1, 0.15) is 5.52 Å². The van der Waals surface area contributed by atoms with Crippen LogP contribution in [0.5, 0.6) is 0 Å². The molecule has 18 heavy (non-hydrogen) atoms. The molecule has 1 saturated carbocycles. The van der Waals surface area contributed by atoms with Crippen LogP contribution in [0.2, 0.25) is 0 Å². The van der Waals surface area contributed by atoms with Crippen LogP contribution in [-0.4, -0.2) is 26.7 Å². The van der Waals surface area contributed by atoms with Crippen molar-refractivity contribution < 1.29 is 0 Å². The van der Waals surface area contributed by atoms with E-state index in [2.05, 4.69) is 35.3 Å². The van der Waals surface area contributed by atoms with Crippen LogP contribution in [0, 0.1) is 0 Å². The van der Waals surface area contributed by atoms with Gasteiger partial charge in [-0.1, -0.05) is 13.8 Å². The summed E-state index contributed by atoms with van der Waals surface area (Å²) in [5, 5.41) is 8.00. The van der Waals surface area contributed by atoms with Crippen molar-refractivity contribution in [1.82, 2.24) is 14.6 Å². The Hall–Kier alpha value is -1.62. The number of hydrogen-bond donors (Lipinski definition) is 2. The van der Waals surface area contributed by atoms with Gasteiger partial charge in [0.25, 0.3) is 0 Å². The SMILES string of the molecule is CC(C)c1cc2c(NC3CC(N)C3)nccn2n1. The maximum atomic E-state index is 5.80. The van der Waals surface area contributed by atoms with Crippen molar-refractivity contribution in [3.8, 4) is 0 Å². The third kappa shape index (κ3) is 1.95. The Morgan fingerprint density at radius 3 is 2.89 bits per heavy atom. The van der Waals surface area contributed by atoms with E-state index in [1.165, 1.54) is 0 Å². The average molecular weight is 245 g/mol. The molecule has 96 valence electrons. The highest BCUT2D eigenvalue weighted by atomic mass is 15.2. The van der Waals surface area contributed by atoms with Gasteiger partial charge in [0, 0.05) is 24.5 Å². The van der Waals surface area contributed by atoms with Gasteiger partial charge < -0.3 is 11.1 Å². The van der Waals surface area contributed by atoms with Crippen molar-refractivity contribution in [3.63, 3.8) is 0 Å². The van der Waals surface area contributed by atoms with E-state index in [0.717, 1.165) is 29.9 Å². The lowest BCUT2D eigenvalue weighted by Crippen LogP contribution is -2.44. The lowest BCUT2D eigenvalue weighted by Gasteiger charge is -2.33. The molecule has 0 atom stereocenters. The van der Waals surface area contributed by atoms with Crippen molar-refractivity contribution in [2.75, 3.05) is 5.32 Å². The zero-order valence-corrected chi connectivity index (χ0v) is 10.8. The smallest absolute Gasteiger partial charge is 0.152 e. The Balaban J connectivity index is 1.91. The number of rotatable bonds is 3. The number of nitrogens with two attached hydrogens (primary N) is 1. The van der Waals surface area contributed by atoms with Crippen LogP contribution in [0.1, 0.15) is 38.3 Å². The summed E-state index contributed by atoms with van der Waals surface area (Å²) in [6.07, 6.45) is 5.71. The van der Waals surface area contributed by atoms with E-state index in [0.29, 0.717) is 18.0 Å². The molecule has 0 aromatic carbocycles. The van der Waals surface area contributed by atoms with Crippen LogP contribution in [0.4, 0.5) is 5.82 Å². The quantitative estimate of drug-likeness (QED) is 0.864. The summed E-state index contributed by atoms with van der Waals surface area (Å²) in [5.41, 5.74) is 7.94. The van der Waals surface area contributed by atoms with Crippen LogP contribution in [0.3, 0.4) is 0 Å². The van der Waals surface area contributed by atoms with Crippen molar-refractivity contribution in [3.05, 3.63) is 24.2 Å². The fraction of sp³-hybridized carbons (Fsp3) is 0.538. The molecule has 1 fully saturated rings. The fourth-order valence-corrected chi connectivity index (χ4v) is 2.31. The molecule has 2 aromatic rings. The van der Waals surface area contributed by atoms with Crippen LogP contribution in [-0.2, 0) is 0 Å². The van der Waals surface area contributed by atoms with E-state index in [4.69, 9.17) is 5.73 Å². The Kier molecular flexibility index (Phi) is 2.70. The van der Waals surface area contributed by atoms with E-state index in [1.807, 2.05) is 10.7 Å². The number of hydrogen-bond acceptors (Lipinski definition) is 4. The molecule has 0 aliphatic heterocycles. The first-order valence-electron chi connectivity index (χ1n) is 6.50. The van der Waals surface area contributed by atoms with E-state index < -0.39 is 0 Å². The van der Waals surface area contributed by atoms with Gasteiger partial charge in [-0.2, -0.15) is 5.10 Å². The topological polar surface area (TPSA) is 68.2 Å². The second kappa shape index (κ2) is 4.24. The number of anilines is 1. The summed E-state index contributed by atoms with van der Waals surface area (Å²) in [5.74, 6) is 1.34. The van der Waals surface area contributed by atoms with Crippen molar-refractivity contribution >= 4 is 11.3 Å². The van der Waals surface area contributed by atoms with Gasteiger partial charge in [0.2, 0.25) is 0 Å². The Morgan fingerprint density at radius 1 is 1.44 bits per heavy atom. The molecule has 0 saturated heterocycles. The molecule has 0 unspecified atom stereocenters. The van der Waals surface area contributed by atoms with E-state index in [1.54, 1.807) is 6.20 Å². The van der Waals surface area contributed by atoms with Crippen molar-refractivity contribution in [2.24, 2.45) is 5.73 Å². The van der Waals surface area contributed by atoms with E-state index >= 15 is 0 Å². The van der Waals surface area contributed by atoms with E-state index in [9.17, 15) is 0 Å². The van der Waals surface area contributed by atoms with Crippen molar-refractivity contribution in [2.45, 2.75) is 44.7 Å². The third-order valence-electron chi connectivity index (χ3n) is 3.52. The first-order chi connectivity index (χ1) is 8.63. The minimum absolute atomic E-state index is 0.346. The second-order valence-electron chi connectivity index (χ2n) is 5.40. The zero-order chi connectivity index (χ0) is 12.7. The summed E-state index contributed by atoms with van der Waals surface area (Å²) >= 11 is 0. The number of aromatic nitrogens is 3. The summed E-state index contributed by atoms with van der Waals surface area (Å²) in [7, 11) is 0. The minimum Gasteiger partial charge on any atom is -0.365 e. The van der Waals surface area contributed by atoms with Crippen LogP contribution in [0.15, 0.2) is 18.5 Å². The van der Waals surface area contributed by atoms with E-state index in [-0.39, 0.29) is 0 Å². The standard InChI is InChI=1S/C13H19N5/c1-8(2)11-7-12-13(15-3-4-18(12)17-11)16-10-5-9(14)6-10/h3-4,7-10H,5-6,14H2,1-2H3,(H,15,16). The van der Waals surface area contributed by atoms with Crippen LogP contribution in [0.25, 0.3) is 5.52 Å². The number of nitrogens with zero attached hydrogens (tertiary/aromatic N) is 3. The first kappa shape index (κ1) is 11.5. The number of nitrogens with one attached hydrogen (secondary N) is 1. The second-order valence-corrected chi connectivity index (χ2v) is 5.40. The van der Waals surface area contributed by atoms with Gasteiger partial charge in [-0.05, 0) is 24.8 Å². The van der Waals surface area contributed by atoms with Gasteiger partial charge in [-0.15, -0.1) is 0 Å². The Morgan fingerprint density at radius 2 is 2.22 bits per heavy atom. The monoisotopic (exact) mass is 245 g/mol. The fourth-order valence-electron chi connectivity index (χ4n) is 2.31. The molecule has 3 rings (SSSR count). The predicted molar refractivity (Wildman–Crippen MR) is 71.7 cm³/mol. The highest BCUT2D eigenvalue weighted by Gasteiger charge is 2.26. The zero-order valence-electron chi connectivity index (χ0n) is 10.8. The molecule has 5 heteroatoms. The Bertz CT molecular complexity index is 554. The summed E-state index contributed by atoms with van der Waals surface area (Å²) in [6, 6.07) is 2.91. The first-order valence-corrected chi connectivity index (χ1v) is 6.50. The lowest BCUT2D eigenvalue weighted by atomic mass is 9.88. The molecule has 3 N–H and O–H groups in total. The molecule has 0 radical (unpaired) electrons. The molecule has 2 aromatic heterocycles. The summed E-state index contributed by atoms with van der Waals surface area (Å²) in [4.78, 5) is 4.41. The molecule has 0 amide bonds. The van der Waals surface area contributed by atoms with Gasteiger partial charge in [0.05, 0.1) is 5.69 Å². The van der Waals surface area contributed by atoms with Gasteiger partial charge in [-0.25, -0.2) is 9.50 Å². The largest absolute Gasteiger partial charge is 0.365 e. The van der Waals surface area contributed by atoms with Gasteiger partial charge >= 0.3 is 0 Å².